The zero-order valence-electron chi connectivity index (χ0n) is 11.3. The molecule has 2 saturated heterocycles. The number of hydrogen-bond donors (Lipinski definition) is 1. The molecule has 0 radical (unpaired) electrons. The lowest BCUT2D eigenvalue weighted by atomic mass is 9.98. The maximum Gasteiger partial charge on any atom is 0.244 e. The van der Waals surface area contributed by atoms with Crippen LogP contribution in [0.25, 0.3) is 0 Å². The van der Waals surface area contributed by atoms with Crippen molar-refractivity contribution in [2.24, 2.45) is 0 Å². The molecule has 104 valence electrons. The van der Waals surface area contributed by atoms with Gasteiger partial charge >= 0.3 is 0 Å². The first-order chi connectivity index (χ1) is 9.26. The van der Waals surface area contributed by atoms with Crippen LogP contribution in [0, 0.1) is 0 Å². The summed E-state index contributed by atoms with van der Waals surface area (Å²) in [5.74, 6) is 0.152. The van der Waals surface area contributed by atoms with E-state index in [4.69, 9.17) is 0 Å². The number of carbonyl (C=O) groups excluding carboxylic acids is 1. The van der Waals surface area contributed by atoms with Gasteiger partial charge in [-0.15, -0.1) is 5.10 Å². The van der Waals surface area contributed by atoms with Crippen LogP contribution in [0.1, 0.15) is 32.6 Å². The van der Waals surface area contributed by atoms with Crippen molar-refractivity contribution in [1.82, 2.24) is 25.2 Å². The lowest BCUT2D eigenvalue weighted by Gasteiger charge is -2.37. The molecule has 1 aromatic rings. The largest absolute Gasteiger partial charge is 0.338 e. The van der Waals surface area contributed by atoms with Gasteiger partial charge in [-0.25, -0.2) is 4.68 Å². The normalized spacial score (nSPS) is 29.4. The van der Waals surface area contributed by atoms with E-state index in [1.807, 2.05) is 4.90 Å². The summed E-state index contributed by atoms with van der Waals surface area (Å²) in [4.78, 5) is 14.4. The lowest BCUT2D eigenvalue weighted by molar-refractivity contribution is -0.135. The summed E-state index contributed by atoms with van der Waals surface area (Å²) >= 11 is 0. The van der Waals surface area contributed by atoms with Crippen molar-refractivity contribution in [3.8, 4) is 0 Å². The quantitative estimate of drug-likeness (QED) is 0.854. The average molecular weight is 263 g/mol. The highest BCUT2D eigenvalue weighted by Crippen LogP contribution is 2.29. The molecule has 2 unspecified atom stereocenters. The van der Waals surface area contributed by atoms with Crippen molar-refractivity contribution in [2.45, 2.75) is 57.3 Å². The number of likely N-dealkylation sites (N-methyl/N-ethyl adjacent to an activating group) is 1. The van der Waals surface area contributed by atoms with Crippen LogP contribution in [0.15, 0.2) is 12.4 Å². The van der Waals surface area contributed by atoms with Crippen LogP contribution in [0.4, 0.5) is 0 Å². The van der Waals surface area contributed by atoms with E-state index < -0.39 is 0 Å². The number of fused-ring (bicyclic) bond motifs is 2. The van der Waals surface area contributed by atoms with E-state index >= 15 is 0 Å². The standard InChI is InChI=1S/C13H21N5O/c1-2-18(13(19)9-17-6-5-14-16-17)12-7-10-3-4-11(8-12)15-10/h5-6,10-12,15H,2-4,7-9H2,1H3. The van der Waals surface area contributed by atoms with Gasteiger partial charge in [0.1, 0.15) is 6.54 Å². The van der Waals surface area contributed by atoms with Crippen LogP contribution in [0.5, 0.6) is 0 Å². The third kappa shape index (κ3) is 2.63. The predicted molar refractivity (Wildman–Crippen MR) is 70.4 cm³/mol. The van der Waals surface area contributed by atoms with Gasteiger partial charge in [0.05, 0.1) is 6.20 Å². The molecule has 6 nitrogen and oxygen atoms in total. The Balaban J connectivity index is 1.65. The number of rotatable bonds is 4. The Morgan fingerprint density at radius 3 is 2.74 bits per heavy atom. The summed E-state index contributed by atoms with van der Waals surface area (Å²) in [6.45, 7) is 3.13. The first kappa shape index (κ1) is 12.6. The van der Waals surface area contributed by atoms with E-state index in [2.05, 4.69) is 22.6 Å². The van der Waals surface area contributed by atoms with Gasteiger partial charge in [0.15, 0.2) is 0 Å². The Kier molecular flexibility index (Phi) is 3.50. The molecule has 3 heterocycles. The third-order valence-corrected chi connectivity index (χ3v) is 4.32. The number of nitrogens with one attached hydrogen (secondary N) is 1. The molecule has 6 heteroatoms. The van der Waals surface area contributed by atoms with Crippen molar-refractivity contribution in [3.63, 3.8) is 0 Å². The van der Waals surface area contributed by atoms with Gasteiger partial charge in [-0.2, -0.15) is 0 Å². The SMILES string of the molecule is CCN(C(=O)Cn1ccnn1)C1CC2CCC(C1)N2. The van der Waals surface area contributed by atoms with Gasteiger partial charge in [-0.05, 0) is 32.6 Å². The molecule has 0 spiro atoms. The fraction of sp³-hybridized carbons (Fsp3) is 0.769. The third-order valence-electron chi connectivity index (χ3n) is 4.32. The lowest BCUT2D eigenvalue weighted by Crippen LogP contribution is -2.50. The highest BCUT2D eigenvalue weighted by molar-refractivity contribution is 5.76. The molecule has 1 amide bonds. The Bertz CT molecular complexity index is 420. The molecule has 2 atom stereocenters. The predicted octanol–water partition coefficient (Wildman–Crippen LogP) is 0.410. The van der Waals surface area contributed by atoms with Crippen molar-refractivity contribution in [3.05, 3.63) is 12.4 Å². The highest BCUT2D eigenvalue weighted by atomic mass is 16.2. The second-order valence-electron chi connectivity index (χ2n) is 5.54. The van der Waals surface area contributed by atoms with Gasteiger partial charge in [0.25, 0.3) is 0 Å². The van der Waals surface area contributed by atoms with Crippen molar-refractivity contribution >= 4 is 5.91 Å². The van der Waals surface area contributed by atoms with Crippen molar-refractivity contribution in [1.29, 1.82) is 0 Å². The minimum atomic E-state index is 0.152. The van der Waals surface area contributed by atoms with E-state index in [-0.39, 0.29) is 5.91 Å². The molecule has 19 heavy (non-hydrogen) atoms. The molecular weight excluding hydrogens is 242 g/mol. The monoisotopic (exact) mass is 263 g/mol. The average Bonchev–Trinajstić information content (AvgIpc) is 3.00. The summed E-state index contributed by atoms with van der Waals surface area (Å²) in [5.41, 5.74) is 0. The fourth-order valence-corrected chi connectivity index (χ4v) is 3.47. The fourth-order valence-electron chi connectivity index (χ4n) is 3.47. The number of nitrogens with zero attached hydrogens (tertiary/aromatic N) is 4. The number of carbonyl (C=O) groups is 1. The molecule has 0 aliphatic carbocycles. The molecule has 3 rings (SSSR count). The molecule has 2 bridgehead atoms. The number of amides is 1. The second kappa shape index (κ2) is 5.28. The molecule has 1 aromatic heterocycles. The number of piperidine rings is 1. The van der Waals surface area contributed by atoms with E-state index in [1.54, 1.807) is 17.1 Å². The van der Waals surface area contributed by atoms with Gasteiger partial charge in [-0.1, -0.05) is 5.21 Å². The minimum Gasteiger partial charge on any atom is -0.338 e. The van der Waals surface area contributed by atoms with E-state index in [1.165, 1.54) is 12.8 Å². The maximum absolute atomic E-state index is 12.4. The van der Waals surface area contributed by atoms with Crippen LogP contribution >= 0.6 is 0 Å². The molecular formula is C13H21N5O. The number of hydrogen-bond acceptors (Lipinski definition) is 4. The van der Waals surface area contributed by atoms with Gasteiger partial charge in [-0.3, -0.25) is 4.79 Å². The van der Waals surface area contributed by atoms with E-state index in [0.29, 0.717) is 24.7 Å². The Morgan fingerprint density at radius 2 is 2.16 bits per heavy atom. The van der Waals surface area contributed by atoms with Crippen LogP contribution in [-0.4, -0.2) is 50.5 Å². The van der Waals surface area contributed by atoms with Crippen LogP contribution in [0.2, 0.25) is 0 Å². The zero-order chi connectivity index (χ0) is 13.2. The van der Waals surface area contributed by atoms with Crippen molar-refractivity contribution < 1.29 is 4.79 Å². The smallest absolute Gasteiger partial charge is 0.244 e. The summed E-state index contributed by atoms with van der Waals surface area (Å²) < 4.78 is 1.60. The first-order valence-electron chi connectivity index (χ1n) is 7.16. The molecule has 0 saturated carbocycles. The maximum atomic E-state index is 12.4. The topological polar surface area (TPSA) is 63.1 Å². The minimum absolute atomic E-state index is 0.152. The molecule has 1 N–H and O–H groups in total. The Hall–Kier alpha value is -1.43. The Labute approximate surface area is 113 Å². The van der Waals surface area contributed by atoms with E-state index in [9.17, 15) is 4.79 Å². The van der Waals surface area contributed by atoms with E-state index in [0.717, 1.165) is 19.4 Å². The summed E-state index contributed by atoms with van der Waals surface area (Å²) in [5, 5.41) is 11.2. The Morgan fingerprint density at radius 1 is 1.42 bits per heavy atom. The molecule has 2 aliphatic heterocycles. The highest BCUT2D eigenvalue weighted by Gasteiger charge is 2.37. The zero-order valence-corrected chi connectivity index (χ0v) is 11.3. The molecule has 0 aromatic carbocycles. The van der Waals surface area contributed by atoms with Crippen molar-refractivity contribution in [2.75, 3.05) is 6.54 Å². The first-order valence-corrected chi connectivity index (χ1v) is 7.16. The summed E-state index contributed by atoms with van der Waals surface area (Å²) in [7, 11) is 0. The van der Waals surface area contributed by atoms with Crippen LogP contribution in [0.3, 0.4) is 0 Å². The number of aromatic nitrogens is 3. The van der Waals surface area contributed by atoms with Gasteiger partial charge < -0.3 is 10.2 Å². The second-order valence-corrected chi connectivity index (χ2v) is 5.54. The molecule has 2 fully saturated rings. The molecule has 2 aliphatic rings. The van der Waals surface area contributed by atoms with Gasteiger partial charge in [0, 0.05) is 30.9 Å². The summed E-state index contributed by atoms with van der Waals surface area (Å²) in [6, 6.07) is 1.61. The van der Waals surface area contributed by atoms with Gasteiger partial charge in [0.2, 0.25) is 5.91 Å². The van der Waals surface area contributed by atoms with Crippen LogP contribution < -0.4 is 5.32 Å². The summed E-state index contributed by atoms with van der Waals surface area (Å²) in [6.07, 6.45) is 8.04. The van der Waals surface area contributed by atoms with Crippen LogP contribution in [-0.2, 0) is 11.3 Å².